The van der Waals surface area contributed by atoms with Crippen molar-refractivity contribution < 1.29 is 9.32 Å². The topological polar surface area (TPSA) is 61.6 Å². The van der Waals surface area contributed by atoms with Crippen LogP contribution in [-0.2, 0) is 11.3 Å². The van der Waals surface area contributed by atoms with Crippen LogP contribution in [0.25, 0.3) is 0 Å². The lowest BCUT2D eigenvalue weighted by atomic mass is 10.2. The standard InChI is InChI=1S/C13H22N4O2/c1-10-12(11(2)19-15-10)8-14-9-13(18)17-6-4-16(3)5-7-17/h14H,4-9H2,1-3H3. The van der Waals surface area contributed by atoms with Crippen molar-refractivity contribution in [1.29, 1.82) is 0 Å². The predicted octanol–water partition coefficient (Wildman–Crippen LogP) is 0.155. The maximum absolute atomic E-state index is 12.0. The van der Waals surface area contributed by atoms with Crippen molar-refractivity contribution in [3.05, 3.63) is 17.0 Å². The Balaban J connectivity index is 1.75. The van der Waals surface area contributed by atoms with E-state index in [2.05, 4.69) is 22.4 Å². The Morgan fingerprint density at radius 3 is 2.58 bits per heavy atom. The van der Waals surface area contributed by atoms with Crippen molar-refractivity contribution in [1.82, 2.24) is 20.3 Å². The van der Waals surface area contributed by atoms with Crippen LogP contribution in [0.15, 0.2) is 4.52 Å². The fraction of sp³-hybridized carbons (Fsp3) is 0.692. The summed E-state index contributed by atoms with van der Waals surface area (Å²) in [5.41, 5.74) is 1.93. The third-order valence-electron chi connectivity index (χ3n) is 3.62. The maximum atomic E-state index is 12.0. The van der Waals surface area contributed by atoms with Crippen molar-refractivity contribution in [2.45, 2.75) is 20.4 Å². The fourth-order valence-corrected chi connectivity index (χ4v) is 2.22. The number of hydrogen-bond acceptors (Lipinski definition) is 5. The Labute approximate surface area is 113 Å². The van der Waals surface area contributed by atoms with Gasteiger partial charge in [-0.1, -0.05) is 5.16 Å². The van der Waals surface area contributed by atoms with E-state index in [0.717, 1.165) is 43.2 Å². The summed E-state index contributed by atoms with van der Waals surface area (Å²) in [5.74, 6) is 0.983. The summed E-state index contributed by atoms with van der Waals surface area (Å²) in [6.07, 6.45) is 0. The van der Waals surface area contributed by atoms with Gasteiger partial charge < -0.3 is 19.6 Å². The first-order valence-corrected chi connectivity index (χ1v) is 6.66. The molecule has 0 radical (unpaired) electrons. The molecule has 0 unspecified atom stereocenters. The molecule has 19 heavy (non-hydrogen) atoms. The summed E-state index contributed by atoms with van der Waals surface area (Å²) < 4.78 is 5.09. The van der Waals surface area contributed by atoms with Crippen LogP contribution in [0.5, 0.6) is 0 Å². The summed E-state index contributed by atoms with van der Waals surface area (Å²) in [7, 11) is 2.08. The summed E-state index contributed by atoms with van der Waals surface area (Å²) in [6.45, 7) is 8.35. The minimum atomic E-state index is 0.167. The second-order valence-electron chi connectivity index (χ2n) is 5.09. The average Bonchev–Trinajstić information content (AvgIpc) is 2.71. The van der Waals surface area contributed by atoms with Gasteiger partial charge in [0.2, 0.25) is 5.91 Å². The Kier molecular flexibility index (Phi) is 4.55. The molecule has 0 aliphatic carbocycles. The number of likely N-dealkylation sites (N-methyl/N-ethyl adjacent to an activating group) is 1. The van der Waals surface area contributed by atoms with E-state index in [1.165, 1.54) is 0 Å². The van der Waals surface area contributed by atoms with E-state index in [1.807, 2.05) is 18.7 Å². The lowest BCUT2D eigenvalue weighted by molar-refractivity contribution is -0.131. The van der Waals surface area contributed by atoms with Crippen LogP contribution in [0.1, 0.15) is 17.0 Å². The van der Waals surface area contributed by atoms with Crippen LogP contribution in [0, 0.1) is 13.8 Å². The van der Waals surface area contributed by atoms with Gasteiger partial charge >= 0.3 is 0 Å². The molecule has 106 valence electrons. The van der Waals surface area contributed by atoms with Crippen molar-refractivity contribution in [2.75, 3.05) is 39.8 Å². The highest BCUT2D eigenvalue weighted by Gasteiger charge is 2.18. The number of hydrogen-bond donors (Lipinski definition) is 1. The molecule has 1 saturated heterocycles. The van der Waals surface area contributed by atoms with E-state index in [-0.39, 0.29) is 5.91 Å². The molecular formula is C13H22N4O2. The normalized spacial score (nSPS) is 16.9. The predicted molar refractivity (Wildman–Crippen MR) is 71.8 cm³/mol. The van der Waals surface area contributed by atoms with Gasteiger partial charge in [0.05, 0.1) is 12.2 Å². The lowest BCUT2D eigenvalue weighted by Crippen LogP contribution is -2.49. The van der Waals surface area contributed by atoms with Crippen molar-refractivity contribution in [2.24, 2.45) is 0 Å². The quantitative estimate of drug-likeness (QED) is 0.841. The number of nitrogens with one attached hydrogen (secondary N) is 1. The SMILES string of the molecule is Cc1noc(C)c1CNCC(=O)N1CCN(C)CC1. The number of carbonyl (C=O) groups excluding carboxylic acids is 1. The molecular weight excluding hydrogens is 244 g/mol. The molecule has 1 aromatic heterocycles. The number of rotatable bonds is 4. The van der Waals surface area contributed by atoms with Gasteiger partial charge in [-0.05, 0) is 20.9 Å². The van der Waals surface area contributed by atoms with Crippen LogP contribution >= 0.6 is 0 Å². The van der Waals surface area contributed by atoms with Crippen LogP contribution in [0.3, 0.4) is 0 Å². The van der Waals surface area contributed by atoms with Gasteiger partial charge in [0.25, 0.3) is 0 Å². The molecule has 2 heterocycles. The highest BCUT2D eigenvalue weighted by Crippen LogP contribution is 2.11. The molecule has 0 aromatic carbocycles. The maximum Gasteiger partial charge on any atom is 0.236 e. The first-order valence-electron chi connectivity index (χ1n) is 6.66. The molecule has 0 spiro atoms. The molecule has 1 amide bonds. The van der Waals surface area contributed by atoms with E-state index < -0.39 is 0 Å². The zero-order valence-electron chi connectivity index (χ0n) is 11.9. The molecule has 0 atom stereocenters. The van der Waals surface area contributed by atoms with Crippen LogP contribution in [0.2, 0.25) is 0 Å². The first kappa shape index (κ1) is 14.0. The highest BCUT2D eigenvalue weighted by atomic mass is 16.5. The Morgan fingerprint density at radius 1 is 1.32 bits per heavy atom. The molecule has 0 bridgehead atoms. The summed E-state index contributed by atoms with van der Waals surface area (Å²) in [5, 5.41) is 7.07. The summed E-state index contributed by atoms with van der Waals surface area (Å²) >= 11 is 0. The number of aryl methyl sites for hydroxylation is 2. The molecule has 1 aliphatic heterocycles. The third-order valence-corrected chi connectivity index (χ3v) is 3.62. The van der Waals surface area contributed by atoms with Gasteiger partial charge in [-0.25, -0.2) is 0 Å². The van der Waals surface area contributed by atoms with E-state index in [9.17, 15) is 4.79 Å². The van der Waals surface area contributed by atoms with Gasteiger partial charge in [-0.15, -0.1) is 0 Å². The second kappa shape index (κ2) is 6.16. The number of aromatic nitrogens is 1. The average molecular weight is 266 g/mol. The number of piperazine rings is 1. The van der Waals surface area contributed by atoms with Crippen molar-refractivity contribution in [3.8, 4) is 0 Å². The molecule has 1 fully saturated rings. The van der Waals surface area contributed by atoms with Crippen LogP contribution in [0.4, 0.5) is 0 Å². The molecule has 0 saturated carbocycles. The summed E-state index contributed by atoms with van der Waals surface area (Å²) in [6, 6.07) is 0. The fourth-order valence-electron chi connectivity index (χ4n) is 2.22. The first-order chi connectivity index (χ1) is 9.08. The molecule has 1 aliphatic rings. The third kappa shape index (κ3) is 3.54. The van der Waals surface area contributed by atoms with Gasteiger partial charge in [0, 0.05) is 38.3 Å². The summed E-state index contributed by atoms with van der Waals surface area (Å²) in [4.78, 5) is 16.2. The van der Waals surface area contributed by atoms with E-state index >= 15 is 0 Å². The zero-order valence-corrected chi connectivity index (χ0v) is 11.9. The highest BCUT2D eigenvalue weighted by molar-refractivity contribution is 5.78. The Morgan fingerprint density at radius 2 is 2.00 bits per heavy atom. The molecule has 1 N–H and O–H groups in total. The largest absolute Gasteiger partial charge is 0.361 e. The zero-order chi connectivity index (χ0) is 13.8. The molecule has 1 aromatic rings. The number of amides is 1. The number of carbonyl (C=O) groups is 1. The lowest BCUT2D eigenvalue weighted by Gasteiger charge is -2.32. The van der Waals surface area contributed by atoms with E-state index in [0.29, 0.717) is 13.1 Å². The Hall–Kier alpha value is -1.40. The molecule has 6 heteroatoms. The molecule has 2 rings (SSSR count). The minimum Gasteiger partial charge on any atom is -0.361 e. The van der Waals surface area contributed by atoms with Crippen molar-refractivity contribution >= 4 is 5.91 Å². The van der Waals surface area contributed by atoms with E-state index in [4.69, 9.17) is 4.52 Å². The van der Waals surface area contributed by atoms with E-state index in [1.54, 1.807) is 0 Å². The minimum absolute atomic E-state index is 0.167. The van der Waals surface area contributed by atoms with Gasteiger partial charge in [0.15, 0.2) is 0 Å². The van der Waals surface area contributed by atoms with Crippen molar-refractivity contribution in [3.63, 3.8) is 0 Å². The van der Waals surface area contributed by atoms with Gasteiger partial charge in [-0.3, -0.25) is 4.79 Å². The van der Waals surface area contributed by atoms with Crippen LogP contribution in [-0.4, -0.2) is 60.6 Å². The monoisotopic (exact) mass is 266 g/mol. The second-order valence-corrected chi connectivity index (χ2v) is 5.09. The van der Waals surface area contributed by atoms with Crippen LogP contribution < -0.4 is 5.32 Å². The van der Waals surface area contributed by atoms with Gasteiger partial charge in [-0.2, -0.15) is 0 Å². The smallest absolute Gasteiger partial charge is 0.236 e. The number of nitrogens with zero attached hydrogens (tertiary/aromatic N) is 3. The molecule has 6 nitrogen and oxygen atoms in total. The Bertz CT molecular complexity index is 416. The van der Waals surface area contributed by atoms with Gasteiger partial charge in [0.1, 0.15) is 5.76 Å².